The molecule has 0 saturated carbocycles. The molecule has 3 N–H and O–H groups in total. The highest BCUT2D eigenvalue weighted by atomic mass is 32.2. The Kier molecular flexibility index (Phi) is 4.52. The molecule has 1 rings (SSSR count). The Morgan fingerprint density at radius 2 is 2.00 bits per heavy atom. The van der Waals surface area contributed by atoms with Crippen LogP contribution in [0.4, 0.5) is 0 Å². The van der Waals surface area contributed by atoms with Crippen LogP contribution in [0, 0.1) is 6.92 Å². The summed E-state index contributed by atoms with van der Waals surface area (Å²) in [5, 5.41) is 6.42. The summed E-state index contributed by atoms with van der Waals surface area (Å²) in [6.45, 7) is 5.89. The third-order valence-corrected chi connectivity index (χ3v) is 5.86. The van der Waals surface area contributed by atoms with Gasteiger partial charge in [0, 0.05) is 19.1 Å². The molecule has 0 atom stereocenters. The fourth-order valence-corrected chi connectivity index (χ4v) is 3.87. The van der Waals surface area contributed by atoms with Crippen molar-refractivity contribution in [2.75, 3.05) is 13.6 Å². The van der Waals surface area contributed by atoms with Crippen molar-refractivity contribution in [1.29, 1.82) is 0 Å². The van der Waals surface area contributed by atoms with Crippen LogP contribution in [-0.2, 0) is 10.0 Å². The molecule has 0 radical (unpaired) electrons. The number of sulfonamides is 1. The number of nitrogens with zero attached hydrogens (tertiary/aromatic N) is 2. The number of nitrogens with two attached hydrogens (primary N) is 1. The molecule has 0 spiro atoms. The Bertz CT molecular complexity index is 483. The summed E-state index contributed by atoms with van der Waals surface area (Å²) in [5.74, 6) is 0. The number of hydrogen-bond donors (Lipinski definition) is 2. The van der Waals surface area contributed by atoms with Crippen molar-refractivity contribution in [2.45, 2.75) is 44.0 Å². The molecule has 0 fully saturated rings. The van der Waals surface area contributed by atoms with Crippen LogP contribution in [0.1, 0.15) is 32.4 Å². The van der Waals surface area contributed by atoms with Crippen LogP contribution < -0.4 is 5.73 Å². The Morgan fingerprint density at radius 3 is 2.33 bits per heavy atom. The fraction of sp³-hybridized carbons (Fsp3) is 0.727. The maximum absolute atomic E-state index is 12.5. The topological polar surface area (TPSA) is 92.1 Å². The van der Waals surface area contributed by atoms with Gasteiger partial charge in [-0.3, -0.25) is 5.10 Å². The van der Waals surface area contributed by atoms with Crippen molar-refractivity contribution in [3.8, 4) is 0 Å². The zero-order valence-electron chi connectivity index (χ0n) is 11.4. The average molecular weight is 274 g/mol. The van der Waals surface area contributed by atoms with Crippen LogP contribution in [0.25, 0.3) is 0 Å². The van der Waals surface area contributed by atoms with Crippen molar-refractivity contribution in [2.24, 2.45) is 5.73 Å². The average Bonchev–Trinajstić information content (AvgIpc) is 2.79. The number of hydrogen-bond acceptors (Lipinski definition) is 4. The van der Waals surface area contributed by atoms with Crippen molar-refractivity contribution in [1.82, 2.24) is 14.5 Å². The highest BCUT2D eigenvalue weighted by Crippen LogP contribution is 2.28. The van der Waals surface area contributed by atoms with E-state index in [0.29, 0.717) is 25.1 Å². The van der Waals surface area contributed by atoms with Gasteiger partial charge in [0.2, 0.25) is 10.0 Å². The summed E-state index contributed by atoms with van der Waals surface area (Å²) in [7, 11) is -1.98. The molecule has 104 valence electrons. The Morgan fingerprint density at radius 1 is 1.44 bits per heavy atom. The van der Waals surface area contributed by atoms with Crippen molar-refractivity contribution in [3.05, 3.63) is 11.9 Å². The Hall–Kier alpha value is -0.920. The normalized spacial score (nSPS) is 13.2. The lowest BCUT2D eigenvalue weighted by Crippen LogP contribution is -2.53. The van der Waals surface area contributed by atoms with Crippen molar-refractivity contribution >= 4 is 10.0 Å². The molecule has 0 bridgehead atoms. The predicted molar refractivity (Wildman–Crippen MR) is 70.6 cm³/mol. The van der Waals surface area contributed by atoms with E-state index >= 15 is 0 Å². The van der Waals surface area contributed by atoms with E-state index in [-0.39, 0.29) is 4.90 Å². The number of aromatic nitrogens is 2. The number of nitrogens with one attached hydrogen (secondary N) is 1. The largest absolute Gasteiger partial charge is 0.329 e. The Labute approximate surface area is 109 Å². The maximum atomic E-state index is 12.5. The van der Waals surface area contributed by atoms with E-state index in [1.807, 2.05) is 13.8 Å². The molecule has 0 unspecified atom stereocenters. The first kappa shape index (κ1) is 15.1. The van der Waals surface area contributed by atoms with Crippen LogP contribution in [0.3, 0.4) is 0 Å². The number of aryl methyl sites for hydroxylation is 1. The predicted octanol–water partition coefficient (Wildman–Crippen LogP) is 0.856. The highest BCUT2D eigenvalue weighted by molar-refractivity contribution is 7.89. The van der Waals surface area contributed by atoms with Gasteiger partial charge in [-0.05, 0) is 19.8 Å². The van der Waals surface area contributed by atoms with Gasteiger partial charge >= 0.3 is 0 Å². The second-order valence-corrected chi connectivity index (χ2v) is 6.41. The quantitative estimate of drug-likeness (QED) is 0.804. The van der Waals surface area contributed by atoms with E-state index in [1.165, 1.54) is 10.5 Å². The minimum atomic E-state index is -3.56. The summed E-state index contributed by atoms with van der Waals surface area (Å²) < 4.78 is 26.5. The first-order chi connectivity index (χ1) is 8.35. The molecule has 0 aliphatic carbocycles. The van der Waals surface area contributed by atoms with Crippen LogP contribution in [0.5, 0.6) is 0 Å². The van der Waals surface area contributed by atoms with Gasteiger partial charge < -0.3 is 5.73 Å². The molecule has 6 nitrogen and oxygen atoms in total. The van der Waals surface area contributed by atoms with Gasteiger partial charge in [-0.1, -0.05) is 13.8 Å². The molecule has 18 heavy (non-hydrogen) atoms. The summed E-state index contributed by atoms with van der Waals surface area (Å²) in [6.07, 6.45) is 2.69. The summed E-state index contributed by atoms with van der Waals surface area (Å²) in [4.78, 5) is 0.213. The zero-order valence-corrected chi connectivity index (χ0v) is 12.2. The van der Waals surface area contributed by atoms with Gasteiger partial charge in [0.15, 0.2) is 0 Å². The molecule has 1 aromatic heterocycles. The second-order valence-electron chi connectivity index (χ2n) is 4.47. The van der Waals surface area contributed by atoms with Gasteiger partial charge in [-0.25, -0.2) is 8.42 Å². The molecule has 1 aromatic rings. The van der Waals surface area contributed by atoms with Gasteiger partial charge in [-0.15, -0.1) is 0 Å². The van der Waals surface area contributed by atoms with E-state index in [2.05, 4.69) is 10.2 Å². The minimum Gasteiger partial charge on any atom is -0.329 e. The molecule has 0 aromatic carbocycles. The lowest BCUT2D eigenvalue weighted by atomic mass is 9.93. The number of likely N-dealkylation sites (N-methyl/N-ethyl adjacent to an activating group) is 1. The lowest BCUT2D eigenvalue weighted by Gasteiger charge is -2.38. The van der Waals surface area contributed by atoms with E-state index in [1.54, 1.807) is 14.0 Å². The van der Waals surface area contributed by atoms with Gasteiger partial charge in [-0.2, -0.15) is 9.40 Å². The molecular weight excluding hydrogens is 252 g/mol. The monoisotopic (exact) mass is 274 g/mol. The fourth-order valence-electron chi connectivity index (χ4n) is 2.11. The molecule has 0 saturated heterocycles. The molecule has 0 amide bonds. The SMILES string of the molecule is CCC(CC)(CN)N(C)S(=O)(=O)c1cn[nH]c1C. The number of aromatic amines is 1. The third kappa shape index (κ3) is 2.30. The first-order valence-electron chi connectivity index (χ1n) is 6.04. The lowest BCUT2D eigenvalue weighted by molar-refractivity contribution is 0.208. The maximum Gasteiger partial charge on any atom is 0.246 e. The van der Waals surface area contributed by atoms with Crippen LogP contribution in [-0.4, -0.2) is 42.1 Å². The standard InChI is InChI=1S/C11H22N4O2S/c1-5-11(6-2,8-12)15(4)18(16,17)10-7-13-14-9(10)3/h7H,5-6,8,12H2,1-4H3,(H,13,14). The molecular formula is C11H22N4O2S. The van der Waals surface area contributed by atoms with Crippen LogP contribution in [0.15, 0.2) is 11.1 Å². The van der Waals surface area contributed by atoms with E-state index < -0.39 is 15.6 Å². The van der Waals surface area contributed by atoms with Gasteiger partial charge in [0.05, 0.1) is 11.9 Å². The summed E-state index contributed by atoms with van der Waals surface area (Å²) >= 11 is 0. The van der Waals surface area contributed by atoms with Crippen molar-refractivity contribution in [3.63, 3.8) is 0 Å². The third-order valence-electron chi connectivity index (χ3n) is 3.79. The first-order valence-corrected chi connectivity index (χ1v) is 7.48. The number of H-pyrrole nitrogens is 1. The summed E-state index contributed by atoms with van der Waals surface area (Å²) in [6, 6.07) is 0. The molecule has 0 aliphatic heterocycles. The number of rotatable bonds is 6. The van der Waals surface area contributed by atoms with E-state index in [4.69, 9.17) is 5.73 Å². The van der Waals surface area contributed by atoms with E-state index in [0.717, 1.165) is 0 Å². The zero-order chi connectivity index (χ0) is 14.0. The summed E-state index contributed by atoms with van der Waals surface area (Å²) in [5.41, 5.74) is 5.79. The Balaban J connectivity index is 3.25. The smallest absolute Gasteiger partial charge is 0.246 e. The van der Waals surface area contributed by atoms with E-state index in [9.17, 15) is 8.42 Å². The second kappa shape index (κ2) is 5.38. The van der Waals surface area contributed by atoms with Gasteiger partial charge in [0.1, 0.15) is 4.90 Å². The molecule has 7 heteroatoms. The minimum absolute atomic E-state index is 0.213. The van der Waals surface area contributed by atoms with Gasteiger partial charge in [0.25, 0.3) is 0 Å². The van der Waals surface area contributed by atoms with Crippen molar-refractivity contribution < 1.29 is 8.42 Å². The molecule has 1 heterocycles. The van der Waals surface area contributed by atoms with Crippen LogP contribution in [0.2, 0.25) is 0 Å². The highest BCUT2D eigenvalue weighted by Gasteiger charge is 2.38. The van der Waals surface area contributed by atoms with Crippen LogP contribution >= 0.6 is 0 Å². The molecule has 0 aliphatic rings.